The number of allylic oxidation sites excluding steroid dienone is 4. The van der Waals surface area contributed by atoms with Crippen LogP contribution in [-0.4, -0.2) is 0 Å². The summed E-state index contributed by atoms with van der Waals surface area (Å²) in [7, 11) is 0. The van der Waals surface area contributed by atoms with E-state index >= 15 is 0 Å². The van der Waals surface area contributed by atoms with E-state index in [0.29, 0.717) is 0 Å². The smallest absolute Gasteiger partial charge is 0.0541 e. The maximum atomic E-state index is 2.54. The topological polar surface area (TPSA) is 3.24 Å². The predicted molar refractivity (Wildman–Crippen MR) is 225 cm³/mol. The van der Waals surface area contributed by atoms with Crippen molar-refractivity contribution in [2.24, 2.45) is 5.92 Å². The van der Waals surface area contributed by atoms with Gasteiger partial charge in [0.1, 0.15) is 0 Å². The first-order chi connectivity index (χ1) is 26.4. The molecule has 7 aromatic rings. The number of fused-ring (bicyclic) bond motifs is 13. The third-order valence-electron chi connectivity index (χ3n) is 13.3. The minimum absolute atomic E-state index is 0.116. The number of rotatable bonds is 4. The Morgan fingerprint density at radius 2 is 0.963 bits per heavy atom. The highest BCUT2D eigenvalue weighted by atomic mass is 15.1. The summed E-state index contributed by atoms with van der Waals surface area (Å²) in [6.07, 6.45) is 9.46. The van der Waals surface area contributed by atoms with Gasteiger partial charge >= 0.3 is 0 Å². The molecule has 0 radical (unpaired) electrons. The van der Waals surface area contributed by atoms with Gasteiger partial charge in [0.15, 0.2) is 0 Å². The van der Waals surface area contributed by atoms with E-state index in [1.54, 1.807) is 0 Å². The van der Waals surface area contributed by atoms with Crippen LogP contribution < -0.4 is 4.90 Å². The molecule has 0 N–H and O–H groups in total. The van der Waals surface area contributed by atoms with Gasteiger partial charge in [0.05, 0.1) is 11.1 Å². The third kappa shape index (κ3) is 3.99. The average Bonchev–Trinajstić information content (AvgIpc) is 3.74. The fourth-order valence-corrected chi connectivity index (χ4v) is 10.9. The molecule has 4 aliphatic carbocycles. The van der Waals surface area contributed by atoms with Crippen molar-refractivity contribution in [3.05, 3.63) is 221 Å². The van der Waals surface area contributed by atoms with Gasteiger partial charge in [-0.1, -0.05) is 179 Å². The van der Waals surface area contributed by atoms with Gasteiger partial charge in [-0.3, -0.25) is 0 Å². The standard InChI is InChI=1S/C53H41N/c1-51(2)43-22-10-7-20-39(43)41-30-28-36(33-47(41)51)54(49-26-14-9-19-38(49)35-17-5-4-6-18-35)37-29-31-42-40-21-8-11-23-44(40)53(48(42)34-37)46-25-13-12-24-45(46)52(3)32-16-15-27-50(52)53/h4-34,50H,1-3H3. The Labute approximate surface area is 318 Å². The van der Waals surface area contributed by atoms with Crippen LogP contribution in [0.15, 0.2) is 188 Å². The normalized spacial score (nSPS) is 21.6. The van der Waals surface area contributed by atoms with Gasteiger partial charge in [-0.15, -0.1) is 0 Å². The van der Waals surface area contributed by atoms with Crippen molar-refractivity contribution in [3.8, 4) is 33.4 Å². The minimum atomic E-state index is -0.333. The second-order valence-corrected chi connectivity index (χ2v) is 16.3. The number of nitrogens with zero attached hydrogens (tertiary/aromatic N) is 1. The van der Waals surface area contributed by atoms with Crippen LogP contribution in [0.2, 0.25) is 0 Å². The van der Waals surface area contributed by atoms with Crippen LogP contribution in [0, 0.1) is 5.92 Å². The van der Waals surface area contributed by atoms with Crippen molar-refractivity contribution in [1.82, 2.24) is 0 Å². The van der Waals surface area contributed by atoms with E-state index < -0.39 is 0 Å². The van der Waals surface area contributed by atoms with E-state index in [2.05, 4.69) is 214 Å². The highest BCUT2D eigenvalue weighted by Gasteiger charge is 2.61. The molecule has 1 spiro atoms. The van der Waals surface area contributed by atoms with E-state index in [9.17, 15) is 0 Å². The number of hydrogen-bond acceptors (Lipinski definition) is 1. The molecule has 0 bridgehead atoms. The monoisotopic (exact) mass is 691 g/mol. The van der Waals surface area contributed by atoms with Gasteiger partial charge in [-0.25, -0.2) is 0 Å². The summed E-state index contributed by atoms with van der Waals surface area (Å²) in [4.78, 5) is 2.52. The summed E-state index contributed by atoms with van der Waals surface area (Å²) in [5.41, 5.74) is 19.1. The first-order valence-corrected chi connectivity index (χ1v) is 19.3. The quantitative estimate of drug-likeness (QED) is 0.178. The molecule has 0 fully saturated rings. The van der Waals surface area contributed by atoms with E-state index in [1.165, 1.54) is 83.8 Å². The van der Waals surface area contributed by atoms with Crippen LogP contribution in [0.4, 0.5) is 17.1 Å². The Morgan fingerprint density at radius 1 is 0.426 bits per heavy atom. The molecular formula is C53H41N. The van der Waals surface area contributed by atoms with Crippen LogP contribution in [0.1, 0.15) is 54.2 Å². The largest absolute Gasteiger partial charge is 0.310 e. The van der Waals surface area contributed by atoms with E-state index in [-0.39, 0.29) is 22.2 Å². The zero-order chi connectivity index (χ0) is 36.2. The van der Waals surface area contributed by atoms with E-state index in [1.807, 2.05) is 0 Å². The second-order valence-electron chi connectivity index (χ2n) is 16.3. The molecule has 0 aromatic heterocycles. The molecule has 0 heterocycles. The first-order valence-electron chi connectivity index (χ1n) is 19.3. The predicted octanol–water partition coefficient (Wildman–Crippen LogP) is 13.5. The molecule has 54 heavy (non-hydrogen) atoms. The summed E-state index contributed by atoms with van der Waals surface area (Å²) in [5, 5.41) is 0. The van der Waals surface area contributed by atoms with Gasteiger partial charge in [0.25, 0.3) is 0 Å². The zero-order valence-corrected chi connectivity index (χ0v) is 30.9. The Kier molecular flexibility index (Phi) is 6.48. The molecule has 3 unspecified atom stereocenters. The Morgan fingerprint density at radius 3 is 1.70 bits per heavy atom. The fourth-order valence-electron chi connectivity index (χ4n) is 10.9. The number of anilines is 3. The van der Waals surface area contributed by atoms with Gasteiger partial charge in [-0.2, -0.15) is 0 Å². The number of para-hydroxylation sites is 1. The SMILES string of the molecule is CC1(C)c2ccccc2-c2ccc(N(c3ccc4c(c3)C3(c5ccccc5-4)c4ccccc4C4(C)C=CC=CC43)c3ccccc3-c3ccccc3)cc21. The molecule has 1 nitrogen and oxygen atoms in total. The molecule has 4 aliphatic rings. The summed E-state index contributed by atoms with van der Waals surface area (Å²) >= 11 is 0. The Hall–Kier alpha value is -6.18. The lowest BCUT2D eigenvalue weighted by atomic mass is 9.61. The Balaban J connectivity index is 1.19. The van der Waals surface area contributed by atoms with Gasteiger partial charge in [-0.05, 0) is 91.5 Å². The van der Waals surface area contributed by atoms with E-state index in [4.69, 9.17) is 0 Å². The van der Waals surface area contributed by atoms with E-state index in [0.717, 1.165) is 0 Å². The fraction of sp³-hybridized carbons (Fsp3) is 0.132. The average molecular weight is 692 g/mol. The zero-order valence-electron chi connectivity index (χ0n) is 30.9. The van der Waals surface area contributed by atoms with Crippen LogP contribution in [0.25, 0.3) is 33.4 Å². The molecule has 1 heteroatoms. The summed E-state index contributed by atoms with van der Waals surface area (Å²) in [6.45, 7) is 7.20. The van der Waals surface area contributed by atoms with Gasteiger partial charge < -0.3 is 4.90 Å². The van der Waals surface area contributed by atoms with Crippen molar-refractivity contribution in [2.45, 2.75) is 37.0 Å². The lowest BCUT2D eigenvalue weighted by Gasteiger charge is -2.40. The van der Waals surface area contributed by atoms with Crippen LogP contribution >= 0.6 is 0 Å². The molecule has 11 rings (SSSR count). The molecule has 3 atom stereocenters. The van der Waals surface area contributed by atoms with Crippen LogP contribution in [0.5, 0.6) is 0 Å². The molecule has 0 amide bonds. The van der Waals surface area contributed by atoms with Gasteiger partial charge in [0.2, 0.25) is 0 Å². The second kappa shape index (κ2) is 11.2. The van der Waals surface area contributed by atoms with Crippen molar-refractivity contribution >= 4 is 17.1 Å². The molecule has 0 saturated carbocycles. The first kappa shape index (κ1) is 31.4. The van der Waals surface area contributed by atoms with Crippen molar-refractivity contribution in [3.63, 3.8) is 0 Å². The Bertz CT molecular complexity index is 2730. The maximum Gasteiger partial charge on any atom is 0.0541 e. The van der Waals surface area contributed by atoms with Crippen molar-refractivity contribution in [2.75, 3.05) is 4.90 Å². The van der Waals surface area contributed by atoms with Crippen molar-refractivity contribution < 1.29 is 0 Å². The summed E-state index contributed by atoms with van der Waals surface area (Å²) in [5.74, 6) is 0.231. The molecular weight excluding hydrogens is 651 g/mol. The van der Waals surface area contributed by atoms with Gasteiger partial charge in [0, 0.05) is 33.7 Å². The van der Waals surface area contributed by atoms with Crippen LogP contribution in [0.3, 0.4) is 0 Å². The number of hydrogen-bond donors (Lipinski definition) is 0. The lowest BCUT2D eigenvalue weighted by Crippen LogP contribution is -2.38. The maximum absolute atomic E-state index is 2.54. The summed E-state index contributed by atoms with van der Waals surface area (Å²) in [6, 6.07) is 61.6. The number of benzene rings is 7. The highest BCUT2D eigenvalue weighted by molar-refractivity contribution is 5.93. The molecule has 0 aliphatic heterocycles. The molecule has 7 aromatic carbocycles. The molecule has 0 saturated heterocycles. The lowest BCUT2D eigenvalue weighted by molar-refractivity contribution is 0.372. The highest BCUT2D eigenvalue weighted by Crippen LogP contribution is 2.67. The van der Waals surface area contributed by atoms with Crippen molar-refractivity contribution in [1.29, 1.82) is 0 Å². The molecule has 258 valence electrons. The minimum Gasteiger partial charge on any atom is -0.310 e. The summed E-state index contributed by atoms with van der Waals surface area (Å²) < 4.78 is 0. The third-order valence-corrected chi connectivity index (χ3v) is 13.3. The van der Waals surface area contributed by atoms with Crippen LogP contribution in [-0.2, 0) is 16.2 Å².